The van der Waals surface area contributed by atoms with Gasteiger partial charge < -0.3 is 5.11 Å². The van der Waals surface area contributed by atoms with Crippen LogP contribution in [0.2, 0.25) is 0 Å². The van der Waals surface area contributed by atoms with Gasteiger partial charge in [0.15, 0.2) is 0 Å². The molecule has 1 aromatic heterocycles. The number of benzene rings is 1. The lowest BCUT2D eigenvalue weighted by atomic mass is 10.1. The third-order valence-corrected chi connectivity index (χ3v) is 2.18. The van der Waals surface area contributed by atoms with Gasteiger partial charge >= 0.3 is 0 Å². The molecular formula is C11H13N3O. The zero-order valence-electron chi connectivity index (χ0n) is 8.37. The number of aliphatic hydroxyl groups is 1. The maximum absolute atomic E-state index is 8.75. The van der Waals surface area contributed by atoms with Crippen LogP contribution in [0.4, 0.5) is 0 Å². The van der Waals surface area contributed by atoms with Crippen LogP contribution in [0.25, 0.3) is 5.69 Å². The number of aryl methyl sites for hydroxylation is 1. The van der Waals surface area contributed by atoms with Gasteiger partial charge in [0, 0.05) is 6.61 Å². The van der Waals surface area contributed by atoms with E-state index < -0.39 is 0 Å². The Hall–Kier alpha value is -1.68. The Morgan fingerprint density at radius 3 is 2.73 bits per heavy atom. The quantitative estimate of drug-likeness (QED) is 0.812. The summed E-state index contributed by atoms with van der Waals surface area (Å²) in [4.78, 5) is 1.59. The van der Waals surface area contributed by atoms with Crippen LogP contribution in [0, 0.1) is 0 Å². The minimum atomic E-state index is 0.226. The molecule has 1 heterocycles. The Labute approximate surface area is 88.2 Å². The van der Waals surface area contributed by atoms with E-state index in [-0.39, 0.29) is 6.61 Å². The smallest absolute Gasteiger partial charge is 0.0859 e. The van der Waals surface area contributed by atoms with E-state index in [0.717, 1.165) is 18.5 Å². The molecule has 1 N–H and O–H groups in total. The van der Waals surface area contributed by atoms with Crippen molar-refractivity contribution in [2.45, 2.75) is 12.8 Å². The molecule has 1 aromatic carbocycles. The summed E-state index contributed by atoms with van der Waals surface area (Å²) in [5, 5.41) is 16.9. The van der Waals surface area contributed by atoms with Gasteiger partial charge in [-0.15, -0.1) is 0 Å². The summed E-state index contributed by atoms with van der Waals surface area (Å²) in [7, 11) is 0. The Balaban J connectivity index is 2.19. The lowest BCUT2D eigenvalue weighted by molar-refractivity contribution is 0.288. The number of aliphatic hydroxyl groups excluding tert-OH is 1. The van der Waals surface area contributed by atoms with Gasteiger partial charge in [0.1, 0.15) is 0 Å². The second-order valence-electron chi connectivity index (χ2n) is 3.32. The minimum absolute atomic E-state index is 0.226. The number of hydrogen-bond acceptors (Lipinski definition) is 3. The van der Waals surface area contributed by atoms with Crippen molar-refractivity contribution in [1.82, 2.24) is 15.0 Å². The number of hydrogen-bond donors (Lipinski definition) is 1. The first-order valence-corrected chi connectivity index (χ1v) is 4.96. The van der Waals surface area contributed by atoms with Crippen molar-refractivity contribution in [3.63, 3.8) is 0 Å². The van der Waals surface area contributed by atoms with Crippen LogP contribution in [0.3, 0.4) is 0 Å². The molecule has 4 nitrogen and oxygen atoms in total. The molecule has 0 saturated carbocycles. The van der Waals surface area contributed by atoms with E-state index >= 15 is 0 Å². The second-order valence-corrected chi connectivity index (χ2v) is 3.32. The van der Waals surface area contributed by atoms with Crippen LogP contribution in [0.15, 0.2) is 36.7 Å². The molecule has 0 fully saturated rings. The van der Waals surface area contributed by atoms with E-state index in [1.807, 2.05) is 24.3 Å². The van der Waals surface area contributed by atoms with E-state index in [1.54, 1.807) is 17.2 Å². The molecule has 0 saturated heterocycles. The van der Waals surface area contributed by atoms with Crippen LogP contribution in [-0.2, 0) is 6.42 Å². The fourth-order valence-corrected chi connectivity index (χ4v) is 1.47. The molecule has 0 amide bonds. The van der Waals surface area contributed by atoms with Crippen molar-refractivity contribution in [2.24, 2.45) is 0 Å². The maximum Gasteiger partial charge on any atom is 0.0859 e. The Morgan fingerprint density at radius 2 is 2.00 bits per heavy atom. The second kappa shape index (κ2) is 4.70. The molecule has 0 bridgehead atoms. The molecule has 0 radical (unpaired) electrons. The van der Waals surface area contributed by atoms with Gasteiger partial charge in [-0.25, -0.2) is 0 Å². The molecule has 15 heavy (non-hydrogen) atoms. The number of aromatic nitrogens is 3. The van der Waals surface area contributed by atoms with Gasteiger partial charge in [0.05, 0.1) is 18.1 Å². The van der Waals surface area contributed by atoms with Gasteiger partial charge in [-0.2, -0.15) is 15.0 Å². The van der Waals surface area contributed by atoms with Gasteiger partial charge in [-0.3, -0.25) is 0 Å². The fraction of sp³-hybridized carbons (Fsp3) is 0.273. The molecular weight excluding hydrogens is 190 g/mol. The average Bonchev–Trinajstić information content (AvgIpc) is 2.80. The summed E-state index contributed by atoms with van der Waals surface area (Å²) in [5.74, 6) is 0. The molecule has 0 aliphatic carbocycles. The molecule has 2 rings (SSSR count). The van der Waals surface area contributed by atoms with Gasteiger partial charge in [-0.1, -0.05) is 12.1 Å². The first kappa shape index (κ1) is 9.86. The predicted octanol–water partition coefficient (Wildman–Crippen LogP) is 1.19. The Morgan fingerprint density at radius 1 is 1.20 bits per heavy atom. The molecule has 0 unspecified atom stereocenters. The van der Waals surface area contributed by atoms with Crippen molar-refractivity contribution in [3.8, 4) is 5.69 Å². The molecule has 0 aliphatic heterocycles. The Kier molecular flexibility index (Phi) is 3.09. The van der Waals surface area contributed by atoms with E-state index in [9.17, 15) is 0 Å². The lowest BCUT2D eigenvalue weighted by Gasteiger charge is -2.03. The predicted molar refractivity (Wildman–Crippen MR) is 56.8 cm³/mol. The van der Waals surface area contributed by atoms with E-state index in [1.165, 1.54) is 5.56 Å². The van der Waals surface area contributed by atoms with E-state index in [0.29, 0.717) is 0 Å². The molecule has 4 heteroatoms. The average molecular weight is 203 g/mol. The molecule has 0 atom stereocenters. The fourth-order valence-electron chi connectivity index (χ4n) is 1.47. The largest absolute Gasteiger partial charge is 0.396 e. The highest BCUT2D eigenvalue weighted by atomic mass is 16.2. The zero-order valence-corrected chi connectivity index (χ0v) is 8.37. The van der Waals surface area contributed by atoms with E-state index in [2.05, 4.69) is 10.2 Å². The van der Waals surface area contributed by atoms with Crippen molar-refractivity contribution < 1.29 is 5.11 Å². The third kappa shape index (κ3) is 2.41. The van der Waals surface area contributed by atoms with Gasteiger partial charge in [-0.05, 0) is 30.5 Å². The highest BCUT2D eigenvalue weighted by Crippen LogP contribution is 2.09. The summed E-state index contributed by atoms with van der Waals surface area (Å²) in [6.07, 6.45) is 4.97. The first-order valence-electron chi connectivity index (χ1n) is 4.96. The van der Waals surface area contributed by atoms with Crippen molar-refractivity contribution in [2.75, 3.05) is 6.61 Å². The third-order valence-electron chi connectivity index (χ3n) is 2.18. The summed E-state index contributed by atoms with van der Waals surface area (Å²) in [6.45, 7) is 0.226. The van der Waals surface area contributed by atoms with Crippen molar-refractivity contribution in [1.29, 1.82) is 0 Å². The molecule has 0 spiro atoms. The molecule has 78 valence electrons. The van der Waals surface area contributed by atoms with Crippen LogP contribution in [-0.4, -0.2) is 26.7 Å². The summed E-state index contributed by atoms with van der Waals surface area (Å²) in [5.41, 5.74) is 2.15. The maximum atomic E-state index is 8.75. The standard InChI is InChI=1S/C11H13N3O/c15-8-2-4-10-3-1-5-11(9-10)14-12-6-7-13-14/h1,3,5-7,9,15H,2,4,8H2. The number of nitrogens with zero attached hydrogens (tertiary/aromatic N) is 3. The monoisotopic (exact) mass is 203 g/mol. The summed E-state index contributed by atoms with van der Waals surface area (Å²) < 4.78 is 0. The van der Waals surface area contributed by atoms with Crippen LogP contribution in [0.5, 0.6) is 0 Å². The van der Waals surface area contributed by atoms with Gasteiger partial charge in [0.2, 0.25) is 0 Å². The minimum Gasteiger partial charge on any atom is -0.396 e. The Bertz CT molecular complexity index is 412. The molecule has 0 aliphatic rings. The normalized spacial score (nSPS) is 10.5. The SMILES string of the molecule is OCCCc1cccc(-n2nccn2)c1. The topological polar surface area (TPSA) is 50.9 Å². The number of rotatable bonds is 4. The van der Waals surface area contributed by atoms with Crippen LogP contribution < -0.4 is 0 Å². The van der Waals surface area contributed by atoms with Crippen LogP contribution >= 0.6 is 0 Å². The van der Waals surface area contributed by atoms with E-state index in [4.69, 9.17) is 5.11 Å². The summed E-state index contributed by atoms with van der Waals surface area (Å²) >= 11 is 0. The highest BCUT2D eigenvalue weighted by molar-refractivity contribution is 5.33. The summed E-state index contributed by atoms with van der Waals surface area (Å²) in [6, 6.07) is 8.02. The lowest BCUT2D eigenvalue weighted by Crippen LogP contribution is -1.99. The van der Waals surface area contributed by atoms with Crippen LogP contribution in [0.1, 0.15) is 12.0 Å². The van der Waals surface area contributed by atoms with Gasteiger partial charge in [0.25, 0.3) is 0 Å². The highest BCUT2D eigenvalue weighted by Gasteiger charge is 1.99. The van der Waals surface area contributed by atoms with Crippen molar-refractivity contribution >= 4 is 0 Å². The molecule has 2 aromatic rings. The zero-order chi connectivity index (χ0) is 10.5. The van der Waals surface area contributed by atoms with Crippen molar-refractivity contribution in [3.05, 3.63) is 42.2 Å². The first-order chi connectivity index (χ1) is 7.40.